The summed E-state index contributed by atoms with van der Waals surface area (Å²) in [7, 11) is 0. The fourth-order valence-electron chi connectivity index (χ4n) is 2.79. The van der Waals surface area contributed by atoms with Gasteiger partial charge in [-0.25, -0.2) is 4.79 Å². The van der Waals surface area contributed by atoms with Gasteiger partial charge in [-0.05, 0) is 54.5 Å². The molecule has 0 spiro atoms. The van der Waals surface area contributed by atoms with Gasteiger partial charge in [-0.15, -0.1) is 5.10 Å². The number of carbonyl (C=O) groups excluding carboxylic acids is 2. The monoisotopic (exact) mass is 419 g/mol. The van der Waals surface area contributed by atoms with Crippen LogP contribution >= 0.6 is 23.5 Å². The highest BCUT2D eigenvalue weighted by atomic mass is 32.2. The number of benzene rings is 1. The molecule has 0 unspecified atom stereocenters. The summed E-state index contributed by atoms with van der Waals surface area (Å²) in [5.41, 5.74) is 3.17. The Bertz CT molecular complexity index is 892. The van der Waals surface area contributed by atoms with Crippen molar-refractivity contribution in [3.8, 4) is 5.69 Å². The topological polar surface area (TPSA) is 90.2 Å². The first kappa shape index (κ1) is 20.4. The van der Waals surface area contributed by atoms with E-state index in [9.17, 15) is 9.59 Å². The Morgan fingerprint density at radius 2 is 2.07 bits per heavy atom. The highest BCUT2D eigenvalue weighted by Crippen LogP contribution is 2.29. The number of nitrogens with zero attached hydrogens (tertiary/aromatic N) is 5. The van der Waals surface area contributed by atoms with E-state index in [1.54, 1.807) is 16.5 Å². The molecular weight excluding hydrogens is 398 g/mol. The van der Waals surface area contributed by atoms with Crippen molar-refractivity contribution in [2.24, 2.45) is 0 Å². The SMILES string of the molecule is CCOC(=O)/C=C1\SCC(=O)N1CCSc1nnnn1-c1cc(C)cc(C)c1. The molecule has 1 aliphatic heterocycles. The molecule has 0 bridgehead atoms. The number of thioether (sulfide) groups is 2. The van der Waals surface area contributed by atoms with E-state index in [0.29, 0.717) is 34.8 Å². The molecule has 1 aromatic heterocycles. The number of tetrazole rings is 1. The summed E-state index contributed by atoms with van der Waals surface area (Å²) in [5.74, 6) is 0.472. The lowest BCUT2D eigenvalue weighted by molar-refractivity contribution is -0.137. The molecule has 1 saturated heterocycles. The summed E-state index contributed by atoms with van der Waals surface area (Å²) in [5, 5.41) is 13.2. The van der Waals surface area contributed by atoms with Crippen molar-refractivity contribution in [1.82, 2.24) is 25.1 Å². The Morgan fingerprint density at radius 1 is 1.32 bits per heavy atom. The molecule has 1 amide bonds. The van der Waals surface area contributed by atoms with Gasteiger partial charge in [0.05, 0.1) is 29.2 Å². The van der Waals surface area contributed by atoms with Gasteiger partial charge in [-0.2, -0.15) is 4.68 Å². The van der Waals surface area contributed by atoms with E-state index in [-0.39, 0.29) is 5.91 Å². The standard InChI is InChI=1S/C18H21N5O3S2/c1-4-26-17(25)10-16-22(15(24)11-28-16)5-6-27-18-19-20-21-23(18)14-8-12(2)7-13(3)9-14/h7-10H,4-6,11H2,1-3H3/b16-10-. The van der Waals surface area contributed by atoms with Crippen LogP contribution < -0.4 is 0 Å². The van der Waals surface area contributed by atoms with Crippen LogP contribution in [-0.2, 0) is 14.3 Å². The highest BCUT2D eigenvalue weighted by Gasteiger charge is 2.27. The van der Waals surface area contributed by atoms with E-state index in [1.165, 1.54) is 29.6 Å². The predicted molar refractivity (Wildman–Crippen MR) is 108 cm³/mol. The van der Waals surface area contributed by atoms with E-state index in [1.807, 2.05) is 26.0 Å². The zero-order chi connectivity index (χ0) is 20.1. The van der Waals surface area contributed by atoms with Crippen molar-refractivity contribution in [2.45, 2.75) is 25.9 Å². The van der Waals surface area contributed by atoms with E-state index < -0.39 is 5.97 Å². The van der Waals surface area contributed by atoms with Gasteiger partial charge in [0, 0.05) is 12.3 Å². The van der Waals surface area contributed by atoms with Crippen LogP contribution in [0.1, 0.15) is 18.1 Å². The Balaban J connectivity index is 1.66. The molecule has 8 nitrogen and oxygen atoms in total. The predicted octanol–water partition coefficient (Wildman–Crippen LogP) is 2.35. The van der Waals surface area contributed by atoms with Gasteiger partial charge < -0.3 is 9.64 Å². The number of aromatic nitrogens is 4. The van der Waals surface area contributed by atoms with Crippen LogP contribution in [0.3, 0.4) is 0 Å². The lowest BCUT2D eigenvalue weighted by atomic mass is 10.1. The van der Waals surface area contributed by atoms with E-state index in [2.05, 4.69) is 21.6 Å². The number of ether oxygens (including phenoxy) is 1. The van der Waals surface area contributed by atoms with Gasteiger partial charge in [0.2, 0.25) is 11.1 Å². The molecule has 10 heteroatoms. The summed E-state index contributed by atoms with van der Waals surface area (Å²) in [6, 6.07) is 6.14. The fraction of sp³-hybridized carbons (Fsp3) is 0.389. The number of esters is 1. The summed E-state index contributed by atoms with van der Waals surface area (Å²) in [4.78, 5) is 25.4. The summed E-state index contributed by atoms with van der Waals surface area (Å²) in [6.07, 6.45) is 1.38. The molecule has 0 atom stereocenters. The molecule has 0 saturated carbocycles. The van der Waals surface area contributed by atoms with Gasteiger partial charge in [-0.3, -0.25) is 4.79 Å². The van der Waals surface area contributed by atoms with Crippen LogP contribution in [0.15, 0.2) is 34.5 Å². The largest absolute Gasteiger partial charge is 0.463 e. The number of hydrogen-bond acceptors (Lipinski definition) is 8. The minimum absolute atomic E-state index is 0.0185. The summed E-state index contributed by atoms with van der Waals surface area (Å²) in [6.45, 7) is 6.57. The molecule has 1 aromatic carbocycles. The van der Waals surface area contributed by atoms with Crippen LogP contribution in [0.25, 0.3) is 5.69 Å². The van der Waals surface area contributed by atoms with E-state index in [0.717, 1.165) is 16.8 Å². The molecular formula is C18H21N5O3S2. The smallest absolute Gasteiger partial charge is 0.333 e. The molecule has 2 aromatic rings. The van der Waals surface area contributed by atoms with Crippen LogP contribution in [0.2, 0.25) is 0 Å². The maximum atomic E-state index is 12.1. The van der Waals surface area contributed by atoms with Crippen LogP contribution in [0.4, 0.5) is 0 Å². The second-order valence-electron chi connectivity index (χ2n) is 6.14. The molecule has 28 heavy (non-hydrogen) atoms. The van der Waals surface area contributed by atoms with E-state index in [4.69, 9.17) is 4.74 Å². The quantitative estimate of drug-likeness (QED) is 0.384. The lowest BCUT2D eigenvalue weighted by Gasteiger charge is -2.16. The normalized spacial score (nSPS) is 15.5. The second kappa shape index (κ2) is 9.24. The number of carbonyl (C=O) groups is 2. The zero-order valence-corrected chi connectivity index (χ0v) is 17.5. The van der Waals surface area contributed by atoms with Crippen molar-refractivity contribution in [2.75, 3.05) is 24.7 Å². The van der Waals surface area contributed by atoms with Crippen LogP contribution in [0.5, 0.6) is 0 Å². The molecule has 1 fully saturated rings. The van der Waals surface area contributed by atoms with Gasteiger partial charge in [0.15, 0.2) is 0 Å². The number of hydrogen-bond donors (Lipinski definition) is 0. The Kier molecular flexibility index (Phi) is 6.74. The minimum atomic E-state index is -0.434. The summed E-state index contributed by atoms with van der Waals surface area (Å²) >= 11 is 2.81. The maximum absolute atomic E-state index is 12.1. The Morgan fingerprint density at radius 3 is 2.79 bits per heavy atom. The average Bonchev–Trinajstić information content (AvgIpc) is 3.23. The zero-order valence-electron chi connectivity index (χ0n) is 15.9. The molecule has 2 heterocycles. The third kappa shape index (κ3) is 4.93. The molecule has 0 N–H and O–H groups in total. The first-order valence-corrected chi connectivity index (χ1v) is 10.8. The molecule has 148 valence electrons. The number of aryl methyl sites for hydroxylation is 2. The van der Waals surface area contributed by atoms with Crippen molar-refractivity contribution < 1.29 is 14.3 Å². The Labute approximate surface area is 171 Å². The highest BCUT2D eigenvalue weighted by molar-refractivity contribution is 8.04. The molecule has 1 aliphatic rings. The fourth-order valence-corrected chi connectivity index (χ4v) is 4.56. The van der Waals surface area contributed by atoms with Crippen molar-refractivity contribution in [1.29, 1.82) is 0 Å². The van der Waals surface area contributed by atoms with Crippen molar-refractivity contribution in [3.05, 3.63) is 40.4 Å². The second-order valence-corrected chi connectivity index (χ2v) is 8.19. The lowest BCUT2D eigenvalue weighted by Crippen LogP contribution is -2.27. The molecule has 0 aliphatic carbocycles. The third-order valence-electron chi connectivity index (χ3n) is 3.88. The van der Waals surface area contributed by atoms with Crippen LogP contribution in [0, 0.1) is 13.8 Å². The van der Waals surface area contributed by atoms with Gasteiger partial charge in [0.25, 0.3) is 0 Å². The first-order chi connectivity index (χ1) is 13.5. The molecule has 3 rings (SSSR count). The maximum Gasteiger partial charge on any atom is 0.333 e. The number of amides is 1. The Hall–Kier alpha value is -2.33. The van der Waals surface area contributed by atoms with Crippen molar-refractivity contribution >= 4 is 35.4 Å². The van der Waals surface area contributed by atoms with Crippen molar-refractivity contribution in [3.63, 3.8) is 0 Å². The average molecular weight is 420 g/mol. The minimum Gasteiger partial charge on any atom is -0.463 e. The third-order valence-corrected chi connectivity index (χ3v) is 5.80. The van der Waals surface area contributed by atoms with Gasteiger partial charge in [0.1, 0.15) is 0 Å². The number of rotatable bonds is 7. The van der Waals surface area contributed by atoms with E-state index >= 15 is 0 Å². The first-order valence-electron chi connectivity index (χ1n) is 8.79. The molecule has 0 radical (unpaired) electrons. The van der Waals surface area contributed by atoms with Gasteiger partial charge in [-0.1, -0.05) is 29.6 Å². The summed E-state index contributed by atoms with van der Waals surface area (Å²) < 4.78 is 6.63. The van der Waals surface area contributed by atoms with Crippen LogP contribution in [-0.4, -0.2) is 61.6 Å². The van der Waals surface area contributed by atoms with Gasteiger partial charge >= 0.3 is 5.97 Å².